The summed E-state index contributed by atoms with van der Waals surface area (Å²) in [6.07, 6.45) is 3.62. The van der Waals surface area contributed by atoms with Gasteiger partial charge in [0.05, 0.1) is 22.7 Å². The van der Waals surface area contributed by atoms with Gasteiger partial charge in [0.2, 0.25) is 0 Å². The van der Waals surface area contributed by atoms with Crippen LogP contribution in [0.2, 0.25) is 10.0 Å². The maximum absolute atomic E-state index is 12.0. The summed E-state index contributed by atoms with van der Waals surface area (Å²) in [5, 5.41) is 19.3. The van der Waals surface area contributed by atoms with Crippen LogP contribution in [0.25, 0.3) is 0 Å². The third-order valence-electron chi connectivity index (χ3n) is 4.21. The summed E-state index contributed by atoms with van der Waals surface area (Å²) in [5.74, 6) is 0.353. The van der Waals surface area contributed by atoms with Gasteiger partial charge in [0, 0.05) is 15.6 Å². The molecule has 0 saturated heterocycles. The largest absolute Gasteiger partial charge is 0.493 e. The number of nitrogens with zero attached hydrogens (tertiary/aromatic N) is 4. The summed E-state index contributed by atoms with van der Waals surface area (Å²) in [5.41, 5.74) is 3.38. The van der Waals surface area contributed by atoms with Crippen molar-refractivity contribution < 1.29 is 19.2 Å². The molecule has 10 nitrogen and oxygen atoms in total. The Morgan fingerprint density at radius 3 is 2.73 bits per heavy atom. The van der Waals surface area contributed by atoms with Crippen LogP contribution in [0.4, 0.5) is 5.69 Å². The zero-order valence-electron chi connectivity index (χ0n) is 17.0. The highest BCUT2D eigenvalue weighted by Gasteiger charge is 2.14. The number of amides is 1. The van der Waals surface area contributed by atoms with Gasteiger partial charge >= 0.3 is 5.69 Å². The van der Waals surface area contributed by atoms with E-state index in [1.54, 1.807) is 30.3 Å². The molecule has 13 heteroatoms. The second-order valence-corrected chi connectivity index (χ2v) is 8.14. The molecule has 1 N–H and O–H groups in total. The molecule has 1 heterocycles. The van der Waals surface area contributed by atoms with Crippen LogP contribution < -0.4 is 14.9 Å². The van der Waals surface area contributed by atoms with Crippen LogP contribution in [0.3, 0.4) is 0 Å². The van der Waals surface area contributed by atoms with Gasteiger partial charge in [0.15, 0.2) is 11.5 Å². The lowest BCUT2D eigenvalue weighted by molar-refractivity contribution is -0.385. The average Bonchev–Trinajstić information content (AvgIpc) is 3.23. The van der Waals surface area contributed by atoms with E-state index in [0.717, 1.165) is 17.1 Å². The maximum atomic E-state index is 12.0. The lowest BCUT2D eigenvalue weighted by Gasteiger charge is -2.14. The molecular weight excluding hydrogens is 541 g/mol. The minimum Gasteiger partial charge on any atom is -0.493 e. The molecule has 172 valence electrons. The first-order valence-corrected chi connectivity index (χ1v) is 10.8. The third-order valence-corrected chi connectivity index (χ3v) is 5.51. The van der Waals surface area contributed by atoms with Gasteiger partial charge in [-0.2, -0.15) is 10.2 Å². The van der Waals surface area contributed by atoms with E-state index in [0.29, 0.717) is 37.1 Å². The highest BCUT2D eigenvalue weighted by atomic mass is 79.9. The van der Waals surface area contributed by atoms with Gasteiger partial charge in [-0.15, -0.1) is 0 Å². The number of nitro groups is 1. The summed E-state index contributed by atoms with van der Waals surface area (Å²) in [6, 6.07) is 8.58. The number of hydrogen-bond acceptors (Lipinski definition) is 7. The highest BCUT2D eigenvalue weighted by Crippen LogP contribution is 2.37. The number of hydrogen-bond donors (Lipinski definition) is 1. The molecule has 2 aromatic carbocycles. The summed E-state index contributed by atoms with van der Waals surface area (Å²) in [4.78, 5) is 22.0. The van der Waals surface area contributed by atoms with Crippen LogP contribution in [-0.4, -0.2) is 33.9 Å². The van der Waals surface area contributed by atoms with Crippen LogP contribution in [0.1, 0.15) is 11.1 Å². The normalized spacial score (nSPS) is 10.9. The molecule has 0 unspecified atom stereocenters. The third kappa shape index (κ3) is 6.44. The number of ether oxygens (including phenoxy) is 2. The Labute approximate surface area is 206 Å². The van der Waals surface area contributed by atoms with Crippen molar-refractivity contribution in [2.75, 3.05) is 7.11 Å². The van der Waals surface area contributed by atoms with Gasteiger partial charge in [-0.1, -0.05) is 29.3 Å². The molecule has 0 aliphatic rings. The van der Waals surface area contributed by atoms with Gasteiger partial charge in [-0.3, -0.25) is 19.6 Å². The topological polar surface area (TPSA) is 121 Å². The van der Waals surface area contributed by atoms with Crippen LogP contribution in [0, 0.1) is 10.1 Å². The van der Waals surface area contributed by atoms with Crippen molar-refractivity contribution in [3.8, 4) is 11.5 Å². The number of halogens is 3. The molecule has 1 aromatic heterocycles. The number of hydrazone groups is 1. The van der Waals surface area contributed by atoms with Crippen LogP contribution in [0.15, 0.2) is 52.3 Å². The Morgan fingerprint density at radius 2 is 2.09 bits per heavy atom. The zero-order valence-corrected chi connectivity index (χ0v) is 20.1. The van der Waals surface area contributed by atoms with Gasteiger partial charge in [-0.05, 0) is 45.8 Å². The monoisotopic (exact) mass is 555 g/mol. The molecule has 3 aromatic rings. The van der Waals surface area contributed by atoms with E-state index in [2.05, 4.69) is 31.6 Å². The predicted molar refractivity (Wildman–Crippen MR) is 126 cm³/mol. The van der Waals surface area contributed by atoms with E-state index in [-0.39, 0.29) is 18.8 Å². The number of rotatable bonds is 9. The first kappa shape index (κ1) is 24.5. The minimum absolute atomic E-state index is 0.128. The van der Waals surface area contributed by atoms with Crippen molar-refractivity contribution in [3.63, 3.8) is 0 Å². The molecule has 0 radical (unpaired) electrons. The summed E-state index contributed by atoms with van der Waals surface area (Å²) in [7, 11) is 1.49. The number of nitrogens with one attached hydrogen (secondary N) is 1. The average molecular weight is 557 g/mol. The van der Waals surface area contributed by atoms with E-state index in [4.69, 9.17) is 32.7 Å². The second kappa shape index (κ2) is 11.1. The van der Waals surface area contributed by atoms with E-state index in [1.165, 1.54) is 13.3 Å². The minimum atomic E-state index is -0.596. The van der Waals surface area contributed by atoms with E-state index < -0.39 is 10.8 Å². The zero-order chi connectivity index (χ0) is 24.0. The molecule has 0 aliphatic heterocycles. The number of methoxy groups -OCH3 is 1. The fraction of sp³-hybridized carbons (Fsp3) is 0.150. The SMILES string of the molecule is COc1cc(/C=N/NC(=O)Cn2cc([N+](=O)[O-])cn2)cc(Br)c1OCc1c(Cl)cccc1Cl. The Morgan fingerprint density at radius 1 is 1.36 bits per heavy atom. The Hall–Kier alpha value is -3.15. The molecule has 1 amide bonds. The van der Waals surface area contributed by atoms with Gasteiger partial charge in [-0.25, -0.2) is 5.43 Å². The fourth-order valence-electron chi connectivity index (χ4n) is 2.66. The fourth-order valence-corrected chi connectivity index (χ4v) is 3.74. The van der Waals surface area contributed by atoms with Crippen LogP contribution in [-0.2, 0) is 17.9 Å². The molecule has 0 atom stereocenters. The van der Waals surface area contributed by atoms with E-state index in [1.807, 2.05) is 0 Å². The van der Waals surface area contributed by atoms with Crippen LogP contribution in [0.5, 0.6) is 11.5 Å². The highest BCUT2D eigenvalue weighted by molar-refractivity contribution is 9.10. The predicted octanol–water partition coefficient (Wildman–Crippen LogP) is 4.60. The van der Waals surface area contributed by atoms with Crippen molar-refractivity contribution >= 4 is 56.9 Å². The first-order chi connectivity index (χ1) is 15.8. The van der Waals surface area contributed by atoms with E-state index >= 15 is 0 Å². The van der Waals surface area contributed by atoms with Crippen molar-refractivity contribution in [2.45, 2.75) is 13.2 Å². The molecule has 0 saturated carbocycles. The number of carbonyl (C=O) groups excluding carboxylic acids is 1. The van der Waals surface area contributed by atoms with Crippen molar-refractivity contribution in [1.29, 1.82) is 0 Å². The summed E-state index contributed by atoms with van der Waals surface area (Å²) >= 11 is 15.8. The Bertz CT molecular complexity index is 1200. The van der Waals surface area contributed by atoms with E-state index in [9.17, 15) is 14.9 Å². The summed E-state index contributed by atoms with van der Waals surface area (Å²) < 4.78 is 13.0. The Kier molecular flexibility index (Phi) is 8.26. The quantitative estimate of drug-likeness (QED) is 0.233. The molecule has 0 aliphatic carbocycles. The van der Waals surface area contributed by atoms with Gasteiger partial charge in [0.25, 0.3) is 5.91 Å². The first-order valence-electron chi connectivity index (χ1n) is 9.20. The lowest BCUT2D eigenvalue weighted by atomic mass is 10.2. The van der Waals surface area contributed by atoms with Gasteiger partial charge in [0.1, 0.15) is 25.5 Å². The molecule has 33 heavy (non-hydrogen) atoms. The smallest absolute Gasteiger partial charge is 0.307 e. The molecule has 0 spiro atoms. The standard InChI is InChI=1S/C20H16BrCl2N5O5/c1-32-18-6-12(7-24-26-19(29)10-27-9-13(8-25-27)28(30)31)5-15(21)20(18)33-11-14-16(22)3-2-4-17(14)23/h2-9H,10-11H2,1H3,(H,26,29)/b24-7+. The van der Waals surface area contributed by atoms with Gasteiger partial charge < -0.3 is 9.47 Å². The molecule has 0 fully saturated rings. The molecular formula is C20H16BrCl2N5O5. The van der Waals surface area contributed by atoms with Crippen molar-refractivity contribution in [2.24, 2.45) is 5.10 Å². The number of aromatic nitrogens is 2. The lowest BCUT2D eigenvalue weighted by Crippen LogP contribution is -2.23. The summed E-state index contributed by atoms with van der Waals surface area (Å²) in [6.45, 7) is -0.0991. The second-order valence-electron chi connectivity index (χ2n) is 6.47. The van der Waals surface area contributed by atoms with Crippen molar-refractivity contribution in [1.82, 2.24) is 15.2 Å². The van der Waals surface area contributed by atoms with Crippen LogP contribution >= 0.6 is 39.1 Å². The van der Waals surface area contributed by atoms with Crippen molar-refractivity contribution in [3.05, 3.63) is 78.5 Å². The maximum Gasteiger partial charge on any atom is 0.307 e. The number of carbonyl (C=O) groups is 1. The molecule has 0 bridgehead atoms. The number of benzene rings is 2. The Balaban J connectivity index is 1.65. The molecule has 3 rings (SSSR count).